The average molecular weight is 247 g/mol. The number of thioether (sulfide) groups is 1. The van der Waals surface area contributed by atoms with Gasteiger partial charge in [-0.15, -0.1) is 11.8 Å². The van der Waals surface area contributed by atoms with E-state index in [2.05, 4.69) is 4.74 Å². The summed E-state index contributed by atoms with van der Waals surface area (Å²) in [6.07, 6.45) is 0.519. The maximum Gasteiger partial charge on any atom is 0.339 e. The summed E-state index contributed by atoms with van der Waals surface area (Å²) in [5, 5.41) is 10.1. The van der Waals surface area contributed by atoms with Crippen LogP contribution in [-0.4, -0.2) is 24.4 Å². The Balaban J connectivity index is 3.16. The van der Waals surface area contributed by atoms with Gasteiger partial charge in [0.1, 0.15) is 0 Å². The van der Waals surface area contributed by atoms with Crippen LogP contribution in [0.1, 0.15) is 11.7 Å². The van der Waals surface area contributed by atoms with Gasteiger partial charge in [-0.05, 0) is 18.4 Å². The number of aliphatic hydroxyl groups is 1. The molecule has 0 aliphatic carbocycles. The Morgan fingerprint density at radius 3 is 2.80 bits per heavy atom. The highest BCUT2D eigenvalue weighted by molar-refractivity contribution is 7.98. The lowest BCUT2D eigenvalue weighted by molar-refractivity contribution is -0.150. The molecule has 1 aromatic rings. The first-order valence-electron chi connectivity index (χ1n) is 4.20. The van der Waals surface area contributed by atoms with Gasteiger partial charge in [-0.25, -0.2) is 4.79 Å². The molecule has 5 heteroatoms. The van der Waals surface area contributed by atoms with E-state index in [1.807, 2.05) is 6.26 Å². The number of carbonyl (C=O) groups excluding carboxylic acids is 1. The van der Waals surface area contributed by atoms with Gasteiger partial charge in [-0.1, -0.05) is 17.7 Å². The maximum absolute atomic E-state index is 11.2. The summed E-state index contributed by atoms with van der Waals surface area (Å²) in [6.45, 7) is 0. The van der Waals surface area contributed by atoms with Gasteiger partial charge in [0.15, 0.2) is 6.10 Å². The summed E-state index contributed by atoms with van der Waals surface area (Å²) < 4.78 is 4.46. The molecule has 1 atom stereocenters. The Labute approximate surface area is 97.4 Å². The van der Waals surface area contributed by atoms with Crippen LogP contribution < -0.4 is 0 Å². The molecule has 3 nitrogen and oxygen atoms in total. The van der Waals surface area contributed by atoms with E-state index in [1.165, 1.54) is 18.9 Å². The minimum absolute atomic E-state index is 0.361. The molecule has 1 N–H and O–H groups in total. The summed E-state index contributed by atoms with van der Waals surface area (Å²) in [5.41, 5.74) is 0.401. The molecule has 1 aromatic carbocycles. The second kappa shape index (κ2) is 5.39. The van der Waals surface area contributed by atoms with E-state index in [9.17, 15) is 9.90 Å². The number of hydrogen-bond acceptors (Lipinski definition) is 4. The van der Waals surface area contributed by atoms with Gasteiger partial charge >= 0.3 is 5.97 Å². The smallest absolute Gasteiger partial charge is 0.339 e. The SMILES string of the molecule is COC(=O)C(O)c1c(Cl)cccc1SC. The number of rotatable bonds is 3. The number of benzene rings is 1. The van der Waals surface area contributed by atoms with Crippen LogP contribution in [0, 0.1) is 0 Å². The fourth-order valence-electron chi connectivity index (χ4n) is 1.19. The number of esters is 1. The molecule has 0 aliphatic rings. The zero-order valence-corrected chi connectivity index (χ0v) is 9.93. The molecule has 0 aromatic heterocycles. The van der Waals surface area contributed by atoms with E-state index in [1.54, 1.807) is 18.2 Å². The number of ether oxygens (including phenoxy) is 1. The molecule has 0 radical (unpaired) electrons. The molecule has 0 saturated heterocycles. The van der Waals surface area contributed by atoms with Gasteiger partial charge < -0.3 is 9.84 Å². The molecule has 1 unspecified atom stereocenters. The van der Waals surface area contributed by atoms with Crippen LogP contribution in [0.25, 0.3) is 0 Å². The number of methoxy groups -OCH3 is 1. The van der Waals surface area contributed by atoms with Crippen LogP contribution >= 0.6 is 23.4 Å². The third kappa shape index (κ3) is 2.65. The summed E-state index contributed by atoms with van der Waals surface area (Å²) in [5.74, 6) is -0.710. The van der Waals surface area contributed by atoms with E-state index in [4.69, 9.17) is 11.6 Å². The van der Waals surface area contributed by atoms with Crippen LogP contribution in [0.15, 0.2) is 23.1 Å². The fourth-order valence-corrected chi connectivity index (χ4v) is 2.18. The van der Waals surface area contributed by atoms with Crippen molar-refractivity contribution in [3.05, 3.63) is 28.8 Å². The largest absolute Gasteiger partial charge is 0.467 e. The van der Waals surface area contributed by atoms with Crippen molar-refractivity contribution < 1.29 is 14.6 Å². The van der Waals surface area contributed by atoms with E-state index in [-0.39, 0.29) is 0 Å². The first-order valence-corrected chi connectivity index (χ1v) is 5.80. The highest BCUT2D eigenvalue weighted by atomic mass is 35.5. The molecule has 0 spiro atoms. The Morgan fingerprint density at radius 2 is 2.27 bits per heavy atom. The number of hydrogen-bond donors (Lipinski definition) is 1. The van der Waals surface area contributed by atoms with Crippen molar-refractivity contribution in [2.24, 2.45) is 0 Å². The van der Waals surface area contributed by atoms with Crippen molar-refractivity contribution in [2.45, 2.75) is 11.0 Å². The highest BCUT2D eigenvalue weighted by Gasteiger charge is 2.23. The molecule has 0 amide bonds. The lowest BCUT2D eigenvalue weighted by atomic mass is 10.1. The zero-order valence-electron chi connectivity index (χ0n) is 8.36. The molecule has 82 valence electrons. The fraction of sp³-hybridized carbons (Fsp3) is 0.300. The molecule has 0 heterocycles. The van der Waals surface area contributed by atoms with Crippen LogP contribution in [0.4, 0.5) is 0 Å². The summed E-state index contributed by atoms with van der Waals surface area (Å²) >= 11 is 7.34. The molecule has 0 aliphatic heterocycles. The van der Waals surface area contributed by atoms with E-state index in [0.717, 1.165) is 4.90 Å². The maximum atomic E-state index is 11.2. The van der Waals surface area contributed by atoms with Crippen molar-refractivity contribution in [3.63, 3.8) is 0 Å². The van der Waals surface area contributed by atoms with Crippen LogP contribution in [0.5, 0.6) is 0 Å². The second-order valence-electron chi connectivity index (χ2n) is 2.78. The van der Waals surface area contributed by atoms with E-state index < -0.39 is 12.1 Å². The molecular weight excluding hydrogens is 236 g/mol. The average Bonchev–Trinajstić information content (AvgIpc) is 2.26. The third-order valence-corrected chi connectivity index (χ3v) is 3.06. The van der Waals surface area contributed by atoms with Crippen molar-refractivity contribution in [1.82, 2.24) is 0 Å². The van der Waals surface area contributed by atoms with Crippen molar-refractivity contribution >= 4 is 29.3 Å². The van der Waals surface area contributed by atoms with Gasteiger partial charge in [0.05, 0.1) is 7.11 Å². The molecule has 0 saturated carbocycles. The van der Waals surface area contributed by atoms with Gasteiger partial charge in [-0.3, -0.25) is 0 Å². The van der Waals surface area contributed by atoms with Crippen molar-refractivity contribution in [1.29, 1.82) is 0 Å². The monoisotopic (exact) mass is 246 g/mol. The number of aliphatic hydroxyl groups excluding tert-OH is 1. The van der Waals surface area contributed by atoms with Crippen LogP contribution in [0.3, 0.4) is 0 Å². The molecule has 0 bridgehead atoms. The minimum Gasteiger partial charge on any atom is -0.467 e. The third-order valence-electron chi connectivity index (χ3n) is 1.93. The Hall–Kier alpha value is -0.710. The Bertz CT molecular complexity index is 368. The summed E-state index contributed by atoms with van der Waals surface area (Å²) in [7, 11) is 1.22. The summed E-state index contributed by atoms with van der Waals surface area (Å²) in [4.78, 5) is 12.0. The lowest BCUT2D eigenvalue weighted by Gasteiger charge is -2.13. The normalized spacial score (nSPS) is 12.3. The van der Waals surface area contributed by atoms with Crippen LogP contribution in [0.2, 0.25) is 5.02 Å². The quantitative estimate of drug-likeness (QED) is 0.657. The van der Waals surface area contributed by atoms with E-state index >= 15 is 0 Å². The molecule has 1 rings (SSSR count). The highest BCUT2D eigenvalue weighted by Crippen LogP contribution is 2.32. The second-order valence-corrected chi connectivity index (χ2v) is 4.04. The first-order chi connectivity index (χ1) is 7.11. The van der Waals surface area contributed by atoms with Gasteiger partial charge in [-0.2, -0.15) is 0 Å². The minimum atomic E-state index is -1.33. The predicted octanol–water partition coefficient (Wildman–Crippen LogP) is 2.27. The number of carbonyl (C=O) groups is 1. The van der Waals surface area contributed by atoms with Gasteiger partial charge in [0.2, 0.25) is 0 Å². The van der Waals surface area contributed by atoms with Crippen molar-refractivity contribution in [2.75, 3.05) is 13.4 Å². The Morgan fingerprint density at radius 1 is 1.60 bits per heavy atom. The molecular formula is C10H11ClO3S. The predicted molar refractivity (Wildman–Crippen MR) is 60.2 cm³/mol. The van der Waals surface area contributed by atoms with Crippen LogP contribution in [-0.2, 0) is 9.53 Å². The first kappa shape index (κ1) is 12.4. The topological polar surface area (TPSA) is 46.5 Å². The zero-order chi connectivity index (χ0) is 11.4. The standard InChI is InChI=1S/C10H11ClO3S/c1-14-10(13)9(12)8-6(11)4-3-5-7(8)15-2/h3-5,9,12H,1-2H3. The van der Waals surface area contributed by atoms with Gasteiger partial charge in [0.25, 0.3) is 0 Å². The van der Waals surface area contributed by atoms with Gasteiger partial charge in [0, 0.05) is 15.5 Å². The number of halogens is 1. The molecule has 0 fully saturated rings. The lowest BCUT2D eigenvalue weighted by Crippen LogP contribution is -2.14. The van der Waals surface area contributed by atoms with E-state index in [0.29, 0.717) is 10.6 Å². The molecule has 15 heavy (non-hydrogen) atoms. The Kier molecular flexibility index (Phi) is 4.45. The van der Waals surface area contributed by atoms with Crippen molar-refractivity contribution in [3.8, 4) is 0 Å². The summed E-state index contributed by atoms with van der Waals surface area (Å²) in [6, 6.07) is 5.18.